The summed E-state index contributed by atoms with van der Waals surface area (Å²) >= 11 is 1.43. The third kappa shape index (κ3) is 3.94. The Morgan fingerprint density at radius 3 is 2.09 bits per heavy atom. The SMILES string of the molecule is [C-]#[N+]/C(C#N)=C1/C(=C/c2ccc(N(c3ccccc3)c3ccccc3)s2)S(=O)(=O)c2ccccc21. The molecular formula is C28H17N3O2S2. The smallest absolute Gasteiger partial charge is 0.270 e. The van der Waals surface area contributed by atoms with Gasteiger partial charge in [-0.25, -0.2) is 18.5 Å². The topological polar surface area (TPSA) is 65.5 Å². The fourth-order valence-electron chi connectivity index (χ4n) is 4.05. The number of sulfone groups is 1. The van der Waals surface area contributed by atoms with E-state index in [1.54, 1.807) is 24.3 Å². The average molecular weight is 492 g/mol. The standard InChI is InChI=1S/C28H17N3O2S2/c1-30-24(19-29)28-23-14-8-9-15-25(23)35(32,33)26(28)18-22-16-17-27(34-22)31(20-10-4-2-5-11-20)21-12-6-3-7-13-21/h2-18H/b26-18-,28-24+. The van der Waals surface area contributed by atoms with Crippen LogP contribution in [-0.2, 0) is 9.84 Å². The predicted octanol–water partition coefficient (Wildman–Crippen LogP) is 7.20. The van der Waals surface area contributed by atoms with E-state index in [4.69, 9.17) is 6.57 Å². The van der Waals surface area contributed by atoms with Crippen LogP contribution < -0.4 is 4.90 Å². The Labute approximate surface area is 207 Å². The molecule has 0 spiro atoms. The molecule has 1 aromatic heterocycles. The Balaban J connectivity index is 1.66. The highest BCUT2D eigenvalue weighted by Crippen LogP contribution is 2.47. The van der Waals surface area contributed by atoms with E-state index < -0.39 is 9.84 Å². The lowest BCUT2D eigenvalue weighted by molar-refractivity contribution is 0.604. The Morgan fingerprint density at radius 1 is 0.886 bits per heavy atom. The molecule has 7 heteroatoms. The van der Waals surface area contributed by atoms with Crippen molar-refractivity contribution in [1.82, 2.24) is 0 Å². The maximum atomic E-state index is 13.4. The molecule has 0 bridgehead atoms. The maximum Gasteiger partial charge on any atom is 0.270 e. The summed E-state index contributed by atoms with van der Waals surface area (Å²) in [7, 11) is -3.87. The molecule has 4 aromatic rings. The van der Waals surface area contributed by atoms with E-state index in [2.05, 4.69) is 9.74 Å². The second-order valence-electron chi connectivity index (χ2n) is 7.64. The summed E-state index contributed by atoms with van der Waals surface area (Å²) in [6.45, 7) is 7.43. The van der Waals surface area contributed by atoms with Crippen LogP contribution in [0.3, 0.4) is 0 Å². The minimum atomic E-state index is -3.87. The van der Waals surface area contributed by atoms with Gasteiger partial charge in [-0.15, -0.1) is 11.3 Å². The van der Waals surface area contributed by atoms with Crippen molar-refractivity contribution in [1.29, 1.82) is 5.26 Å². The van der Waals surface area contributed by atoms with Gasteiger partial charge in [0.1, 0.15) is 5.00 Å². The van der Waals surface area contributed by atoms with Crippen LogP contribution >= 0.6 is 11.3 Å². The van der Waals surface area contributed by atoms with Gasteiger partial charge in [-0.1, -0.05) is 54.6 Å². The highest BCUT2D eigenvalue weighted by Gasteiger charge is 2.37. The van der Waals surface area contributed by atoms with Gasteiger partial charge in [-0.05, 0) is 54.1 Å². The Bertz CT molecular complexity index is 1620. The number of nitrogens with zero attached hydrogens (tertiary/aromatic N) is 3. The molecule has 0 fully saturated rings. The molecule has 3 aromatic carbocycles. The maximum absolute atomic E-state index is 13.4. The van der Waals surface area contributed by atoms with Crippen LogP contribution in [-0.4, -0.2) is 8.42 Å². The minimum absolute atomic E-state index is 0.0226. The van der Waals surface area contributed by atoms with Gasteiger partial charge in [-0.2, -0.15) is 0 Å². The van der Waals surface area contributed by atoms with Crippen LogP contribution in [0.4, 0.5) is 16.4 Å². The van der Waals surface area contributed by atoms with Gasteiger partial charge >= 0.3 is 0 Å². The van der Waals surface area contributed by atoms with Crippen molar-refractivity contribution in [3.05, 3.63) is 130 Å². The fourth-order valence-corrected chi connectivity index (χ4v) is 6.83. The molecule has 0 atom stereocenters. The molecule has 0 saturated carbocycles. The molecule has 0 unspecified atom stereocenters. The first-order valence-electron chi connectivity index (χ1n) is 10.6. The number of hydrogen-bond acceptors (Lipinski definition) is 5. The van der Waals surface area contributed by atoms with Crippen LogP contribution in [0.15, 0.2) is 113 Å². The van der Waals surface area contributed by atoms with Gasteiger partial charge in [0.15, 0.2) is 0 Å². The summed E-state index contributed by atoms with van der Waals surface area (Å²) in [4.78, 5) is 6.20. The van der Waals surface area contributed by atoms with Crippen LogP contribution in [0.5, 0.6) is 0 Å². The fraction of sp³-hybridized carbons (Fsp3) is 0. The van der Waals surface area contributed by atoms with E-state index in [0.717, 1.165) is 16.4 Å². The lowest BCUT2D eigenvalue weighted by Crippen LogP contribution is -2.07. The molecule has 35 heavy (non-hydrogen) atoms. The van der Waals surface area contributed by atoms with Crippen molar-refractivity contribution < 1.29 is 8.42 Å². The van der Waals surface area contributed by atoms with Gasteiger partial charge in [0, 0.05) is 21.8 Å². The second-order valence-corrected chi connectivity index (χ2v) is 10.6. The molecule has 2 heterocycles. The lowest BCUT2D eigenvalue weighted by atomic mass is 10.0. The number of para-hydroxylation sites is 2. The minimum Gasteiger partial charge on any atom is -0.302 e. The molecule has 0 amide bonds. The van der Waals surface area contributed by atoms with Crippen molar-refractivity contribution in [3.8, 4) is 6.07 Å². The van der Waals surface area contributed by atoms with Crippen molar-refractivity contribution in [3.63, 3.8) is 0 Å². The van der Waals surface area contributed by atoms with Gasteiger partial charge in [0.05, 0.1) is 22.4 Å². The number of fused-ring (bicyclic) bond motifs is 1. The first-order valence-corrected chi connectivity index (χ1v) is 12.9. The molecule has 0 N–H and O–H groups in total. The number of hydrogen-bond donors (Lipinski definition) is 0. The quantitative estimate of drug-likeness (QED) is 0.224. The average Bonchev–Trinajstić information content (AvgIpc) is 3.43. The first-order chi connectivity index (χ1) is 17.0. The molecule has 0 radical (unpaired) electrons. The van der Waals surface area contributed by atoms with E-state index in [1.165, 1.54) is 17.4 Å². The molecule has 0 saturated heterocycles. The van der Waals surface area contributed by atoms with E-state index in [0.29, 0.717) is 10.4 Å². The lowest BCUT2D eigenvalue weighted by Gasteiger charge is -2.23. The largest absolute Gasteiger partial charge is 0.302 e. The Kier molecular flexibility index (Phi) is 5.80. The molecule has 5 nitrogen and oxygen atoms in total. The van der Waals surface area contributed by atoms with Crippen molar-refractivity contribution in [2.45, 2.75) is 4.90 Å². The number of allylic oxidation sites excluding steroid dienone is 2. The molecule has 1 aliphatic heterocycles. The summed E-state index contributed by atoms with van der Waals surface area (Å²) < 4.78 is 26.8. The number of thiophene rings is 1. The van der Waals surface area contributed by atoms with Crippen LogP contribution in [0.25, 0.3) is 16.5 Å². The van der Waals surface area contributed by atoms with E-state index in [1.807, 2.05) is 78.9 Å². The summed E-state index contributed by atoms with van der Waals surface area (Å²) in [5.41, 5.74) is 2.26. The normalized spacial score (nSPS) is 16.2. The number of nitriles is 1. The molecule has 5 rings (SSSR count). The molecule has 0 aliphatic carbocycles. The molecular weight excluding hydrogens is 474 g/mol. The highest BCUT2D eigenvalue weighted by molar-refractivity contribution is 7.96. The van der Waals surface area contributed by atoms with Gasteiger partial charge in [0.2, 0.25) is 9.84 Å². The molecule has 1 aliphatic rings. The van der Waals surface area contributed by atoms with Crippen molar-refractivity contribution in [2.75, 3.05) is 4.90 Å². The van der Waals surface area contributed by atoms with Crippen LogP contribution in [0.1, 0.15) is 10.4 Å². The Morgan fingerprint density at radius 2 is 1.49 bits per heavy atom. The van der Waals surface area contributed by atoms with Crippen LogP contribution in [0.2, 0.25) is 0 Å². The van der Waals surface area contributed by atoms with Gasteiger partial charge in [-0.3, -0.25) is 0 Å². The van der Waals surface area contributed by atoms with Gasteiger partial charge in [0.25, 0.3) is 5.70 Å². The third-order valence-corrected chi connectivity index (χ3v) is 8.42. The summed E-state index contributed by atoms with van der Waals surface area (Å²) in [5.74, 6) is 0. The third-order valence-electron chi connectivity index (χ3n) is 5.57. The number of anilines is 3. The predicted molar refractivity (Wildman–Crippen MR) is 140 cm³/mol. The monoisotopic (exact) mass is 491 g/mol. The molecule has 168 valence electrons. The zero-order valence-electron chi connectivity index (χ0n) is 18.3. The van der Waals surface area contributed by atoms with Crippen LogP contribution in [0, 0.1) is 17.9 Å². The van der Waals surface area contributed by atoms with Gasteiger partial charge < -0.3 is 4.90 Å². The van der Waals surface area contributed by atoms with Crippen molar-refractivity contribution in [2.24, 2.45) is 0 Å². The van der Waals surface area contributed by atoms with E-state index in [9.17, 15) is 13.7 Å². The number of rotatable bonds is 4. The summed E-state index contributed by atoms with van der Waals surface area (Å²) in [5, 5.41) is 10.4. The number of benzene rings is 3. The summed E-state index contributed by atoms with van der Waals surface area (Å²) in [6, 6.07) is 32.0. The van der Waals surface area contributed by atoms with E-state index >= 15 is 0 Å². The van der Waals surface area contributed by atoms with Crippen molar-refractivity contribution >= 4 is 49.2 Å². The highest BCUT2D eigenvalue weighted by atomic mass is 32.2. The first kappa shape index (κ1) is 22.4. The van der Waals surface area contributed by atoms with E-state index in [-0.39, 0.29) is 21.1 Å². The second kappa shape index (κ2) is 9.08. The Hall–Kier alpha value is -4.43. The zero-order chi connectivity index (χ0) is 24.4. The summed E-state index contributed by atoms with van der Waals surface area (Å²) in [6.07, 6.45) is 1.56. The zero-order valence-corrected chi connectivity index (χ0v) is 19.9.